The fourth-order valence-corrected chi connectivity index (χ4v) is 9.54. The highest BCUT2D eigenvalue weighted by Crippen LogP contribution is 2.49. The number of anilines is 6. The molecule has 0 unspecified atom stereocenters. The molecular formula is C60H41N3O. The van der Waals surface area contributed by atoms with Crippen LogP contribution in [0.5, 0.6) is 0 Å². The van der Waals surface area contributed by atoms with Crippen molar-refractivity contribution < 1.29 is 4.42 Å². The fourth-order valence-electron chi connectivity index (χ4n) is 9.54. The lowest BCUT2D eigenvalue weighted by atomic mass is 9.96. The Morgan fingerprint density at radius 2 is 0.859 bits per heavy atom. The van der Waals surface area contributed by atoms with Gasteiger partial charge in [-0.25, -0.2) is 0 Å². The lowest BCUT2D eigenvalue weighted by Gasteiger charge is -2.31. The molecule has 0 aliphatic carbocycles. The third kappa shape index (κ3) is 6.31. The van der Waals surface area contributed by atoms with Gasteiger partial charge in [-0.05, 0) is 102 Å². The number of nitrogens with zero attached hydrogens (tertiary/aromatic N) is 3. The molecule has 0 atom stereocenters. The van der Waals surface area contributed by atoms with Crippen molar-refractivity contribution in [2.45, 2.75) is 0 Å². The van der Waals surface area contributed by atoms with E-state index in [0.717, 1.165) is 100 Å². The lowest BCUT2D eigenvalue weighted by molar-refractivity contribution is 0.670. The van der Waals surface area contributed by atoms with Crippen LogP contribution >= 0.6 is 0 Å². The average Bonchev–Trinajstić information content (AvgIpc) is 3.92. The predicted octanol–water partition coefficient (Wildman–Crippen LogP) is 17.0. The summed E-state index contributed by atoms with van der Waals surface area (Å²) in [5.74, 6) is 0. The van der Waals surface area contributed by atoms with Crippen molar-refractivity contribution in [1.82, 2.24) is 4.57 Å². The first-order valence-corrected chi connectivity index (χ1v) is 21.8. The van der Waals surface area contributed by atoms with Gasteiger partial charge in [-0.15, -0.1) is 0 Å². The molecule has 64 heavy (non-hydrogen) atoms. The van der Waals surface area contributed by atoms with Gasteiger partial charge in [0.15, 0.2) is 0 Å². The van der Waals surface area contributed by atoms with Crippen molar-refractivity contribution in [2.75, 3.05) is 9.80 Å². The zero-order valence-corrected chi connectivity index (χ0v) is 34.9. The molecule has 12 rings (SSSR count). The Balaban J connectivity index is 1.22. The monoisotopic (exact) mass is 819 g/mol. The predicted molar refractivity (Wildman–Crippen MR) is 268 cm³/mol. The maximum atomic E-state index is 7.11. The van der Waals surface area contributed by atoms with E-state index in [9.17, 15) is 0 Å². The summed E-state index contributed by atoms with van der Waals surface area (Å²) >= 11 is 0. The van der Waals surface area contributed by atoms with Crippen molar-refractivity contribution in [2.24, 2.45) is 0 Å². The summed E-state index contributed by atoms with van der Waals surface area (Å²) in [5.41, 5.74) is 15.7. The molecule has 4 nitrogen and oxygen atoms in total. The minimum atomic E-state index is 0.846. The van der Waals surface area contributed by atoms with Crippen molar-refractivity contribution in [3.8, 4) is 27.9 Å². The zero-order chi connectivity index (χ0) is 42.4. The van der Waals surface area contributed by atoms with Crippen LogP contribution in [0.25, 0.3) is 71.7 Å². The number of para-hydroxylation sites is 7. The molecule has 12 aromatic rings. The molecule has 2 aromatic heterocycles. The molecular weight excluding hydrogens is 779 g/mol. The highest BCUT2D eigenvalue weighted by molar-refractivity contribution is 6.27. The Morgan fingerprint density at radius 3 is 1.53 bits per heavy atom. The van der Waals surface area contributed by atoms with Crippen molar-refractivity contribution in [3.63, 3.8) is 0 Å². The Hall–Kier alpha value is -8.60. The minimum Gasteiger partial charge on any atom is -0.455 e. The van der Waals surface area contributed by atoms with E-state index in [-0.39, 0.29) is 0 Å². The van der Waals surface area contributed by atoms with Crippen LogP contribution in [0.2, 0.25) is 0 Å². The average molecular weight is 820 g/mol. The Morgan fingerprint density at radius 1 is 0.344 bits per heavy atom. The number of rotatable bonds is 9. The van der Waals surface area contributed by atoms with Crippen molar-refractivity contribution >= 4 is 77.9 Å². The van der Waals surface area contributed by atoms with Crippen molar-refractivity contribution in [1.29, 1.82) is 0 Å². The summed E-state index contributed by atoms with van der Waals surface area (Å²) in [7, 11) is 0. The number of fused-ring (bicyclic) bond motifs is 7. The number of hydrogen-bond donors (Lipinski definition) is 0. The summed E-state index contributed by atoms with van der Waals surface area (Å²) < 4.78 is 9.52. The van der Waals surface area contributed by atoms with Gasteiger partial charge in [0.05, 0.1) is 22.1 Å². The van der Waals surface area contributed by atoms with Gasteiger partial charge in [0.2, 0.25) is 0 Å². The van der Waals surface area contributed by atoms with Crippen LogP contribution in [0.15, 0.2) is 253 Å². The van der Waals surface area contributed by atoms with Crippen molar-refractivity contribution in [3.05, 3.63) is 249 Å². The molecule has 302 valence electrons. The molecule has 4 heteroatoms. The van der Waals surface area contributed by atoms with E-state index in [1.54, 1.807) is 0 Å². The van der Waals surface area contributed by atoms with E-state index in [2.05, 4.69) is 263 Å². The number of hydrogen-bond acceptors (Lipinski definition) is 3. The molecule has 0 saturated heterocycles. The smallest absolute Gasteiger partial charge is 0.145 e. The topological polar surface area (TPSA) is 24.6 Å². The number of furan rings is 1. The van der Waals surface area contributed by atoms with Gasteiger partial charge in [0.25, 0.3) is 0 Å². The maximum Gasteiger partial charge on any atom is 0.145 e. The summed E-state index contributed by atoms with van der Waals surface area (Å²) in [6.07, 6.45) is 0. The van der Waals surface area contributed by atoms with Gasteiger partial charge in [-0.1, -0.05) is 158 Å². The molecule has 2 heterocycles. The van der Waals surface area contributed by atoms with E-state index in [4.69, 9.17) is 4.42 Å². The second-order valence-electron chi connectivity index (χ2n) is 16.1. The third-order valence-electron chi connectivity index (χ3n) is 12.3. The van der Waals surface area contributed by atoms with Gasteiger partial charge in [0, 0.05) is 61.4 Å². The van der Waals surface area contributed by atoms with E-state index in [0.29, 0.717) is 0 Å². The van der Waals surface area contributed by atoms with Crippen LogP contribution in [-0.2, 0) is 0 Å². The van der Waals surface area contributed by atoms with Gasteiger partial charge in [-0.2, -0.15) is 0 Å². The van der Waals surface area contributed by atoms with Crippen LogP contribution < -0.4 is 9.80 Å². The molecule has 0 aliphatic heterocycles. The molecule has 0 aliphatic rings. The van der Waals surface area contributed by atoms with Gasteiger partial charge >= 0.3 is 0 Å². The molecule has 0 N–H and O–H groups in total. The lowest BCUT2D eigenvalue weighted by Crippen LogP contribution is -2.14. The first-order chi connectivity index (χ1) is 31.8. The van der Waals surface area contributed by atoms with Gasteiger partial charge in [0.1, 0.15) is 11.2 Å². The van der Waals surface area contributed by atoms with E-state index in [1.807, 2.05) is 0 Å². The molecule has 0 amide bonds. The molecule has 0 spiro atoms. The second-order valence-corrected chi connectivity index (χ2v) is 16.1. The first-order valence-electron chi connectivity index (χ1n) is 21.8. The van der Waals surface area contributed by atoms with E-state index in [1.165, 1.54) is 5.39 Å². The first kappa shape index (κ1) is 37.2. The second kappa shape index (κ2) is 15.7. The highest BCUT2D eigenvalue weighted by atomic mass is 16.3. The van der Waals surface area contributed by atoms with E-state index < -0.39 is 0 Å². The normalized spacial score (nSPS) is 11.4. The summed E-state index contributed by atoms with van der Waals surface area (Å²) in [6.45, 7) is 0. The summed E-state index contributed by atoms with van der Waals surface area (Å²) in [5, 5.41) is 4.52. The summed E-state index contributed by atoms with van der Waals surface area (Å²) in [4.78, 5) is 4.76. The van der Waals surface area contributed by atoms with Crippen LogP contribution in [-0.4, -0.2) is 4.57 Å². The standard InChI is InChI=1S/C60H41N3O/c1-6-22-42(23-7-1)50-32-16-19-35-55(50)62(46-28-12-4-13-29-46)49-39-43(38-48(40-49)61(44-24-8-2-9-25-44)45-26-10-3-11-27-45)53-41-54-51-33-17-20-36-56(51)63(47-30-14-5-15-31-47)59(54)58-52-34-18-21-37-57(52)64-60(53)58/h1-41H. The largest absolute Gasteiger partial charge is 0.455 e. The maximum absolute atomic E-state index is 7.11. The van der Waals surface area contributed by atoms with Crippen LogP contribution in [0.1, 0.15) is 0 Å². The van der Waals surface area contributed by atoms with Crippen LogP contribution in [0.3, 0.4) is 0 Å². The fraction of sp³-hybridized carbons (Fsp3) is 0. The van der Waals surface area contributed by atoms with Gasteiger partial charge in [-0.3, -0.25) is 0 Å². The van der Waals surface area contributed by atoms with E-state index >= 15 is 0 Å². The molecule has 0 bridgehead atoms. The minimum absolute atomic E-state index is 0.846. The summed E-state index contributed by atoms with van der Waals surface area (Å²) in [6, 6.07) is 88.7. The van der Waals surface area contributed by atoms with Crippen LogP contribution in [0.4, 0.5) is 34.1 Å². The molecule has 0 saturated carbocycles. The Bertz CT molecular complexity index is 3560. The molecule has 10 aromatic carbocycles. The van der Waals surface area contributed by atoms with Gasteiger partial charge < -0.3 is 18.8 Å². The number of aromatic nitrogens is 1. The molecule has 0 radical (unpaired) electrons. The SMILES string of the molecule is c1ccc(-c2ccccc2N(c2ccccc2)c2cc(-c3cc4c5ccccc5n(-c5ccccc5)c4c4c3oc3ccccc34)cc(N(c3ccccc3)c3ccccc3)c2)cc1. The molecule has 0 fully saturated rings. The quantitative estimate of drug-likeness (QED) is 0.145. The number of benzene rings is 10. The third-order valence-corrected chi connectivity index (χ3v) is 12.3. The Labute approximate surface area is 371 Å². The Kier molecular flexibility index (Phi) is 9.12. The highest BCUT2D eigenvalue weighted by Gasteiger charge is 2.26. The zero-order valence-electron chi connectivity index (χ0n) is 34.9. The van der Waals surface area contributed by atoms with Crippen LogP contribution in [0, 0.1) is 0 Å².